The standard InChI is InChI=1S/C13H21N3O2/c1-3-7-18-11-5-4-6-16(9-11)13(17)12-14-8-10(2)15-12/h8,11H,3-7,9H2,1-2H3,(H,14,15). The number of aromatic nitrogens is 2. The zero-order valence-corrected chi connectivity index (χ0v) is 11.1. The van der Waals surface area contributed by atoms with Gasteiger partial charge >= 0.3 is 0 Å². The molecule has 5 nitrogen and oxygen atoms in total. The fraction of sp³-hybridized carbons (Fsp3) is 0.692. The van der Waals surface area contributed by atoms with Crippen LogP contribution < -0.4 is 0 Å². The van der Waals surface area contributed by atoms with Crippen LogP contribution in [-0.4, -0.2) is 46.6 Å². The molecular weight excluding hydrogens is 230 g/mol. The highest BCUT2D eigenvalue weighted by Crippen LogP contribution is 2.15. The van der Waals surface area contributed by atoms with Crippen molar-refractivity contribution in [1.29, 1.82) is 0 Å². The first kappa shape index (κ1) is 13.1. The van der Waals surface area contributed by atoms with Crippen LogP contribution in [0.2, 0.25) is 0 Å². The van der Waals surface area contributed by atoms with Crippen molar-refractivity contribution in [2.75, 3.05) is 19.7 Å². The lowest BCUT2D eigenvalue weighted by atomic mass is 10.1. The van der Waals surface area contributed by atoms with Gasteiger partial charge in [0.25, 0.3) is 5.91 Å². The van der Waals surface area contributed by atoms with Crippen molar-refractivity contribution in [3.8, 4) is 0 Å². The number of amides is 1. The normalized spacial score (nSPS) is 20.1. The summed E-state index contributed by atoms with van der Waals surface area (Å²) in [5, 5.41) is 0. The summed E-state index contributed by atoms with van der Waals surface area (Å²) in [5.74, 6) is 0.413. The lowest BCUT2D eigenvalue weighted by Gasteiger charge is -2.32. The molecule has 1 atom stereocenters. The highest BCUT2D eigenvalue weighted by molar-refractivity contribution is 5.90. The zero-order chi connectivity index (χ0) is 13.0. The van der Waals surface area contributed by atoms with Gasteiger partial charge in [0.1, 0.15) is 0 Å². The molecule has 1 aliphatic rings. The van der Waals surface area contributed by atoms with Crippen LogP contribution in [0.1, 0.15) is 42.5 Å². The lowest BCUT2D eigenvalue weighted by molar-refractivity contribution is 0.00175. The molecular formula is C13H21N3O2. The van der Waals surface area contributed by atoms with Crippen LogP contribution in [0.4, 0.5) is 0 Å². The Morgan fingerprint density at radius 3 is 3.17 bits per heavy atom. The molecule has 1 unspecified atom stereocenters. The van der Waals surface area contributed by atoms with Gasteiger partial charge in [-0.25, -0.2) is 4.98 Å². The van der Waals surface area contributed by atoms with Gasteiger partial charge in [-0.2, -0.15) is 0 Å². The summed E-state index contributed by atoms with van der Waals surface area (Å²) in [5.41, 5.74) is 0.911. The molecule has 1 aromatic heterocycles. The summed E-state index contributed by atoms with van der Waals surface area (Å²) in [7, 11) is 0. The molecule has 0 radical (unpaired) electrons. The third kappa shape index (κ3) is 3.10. The molecule has 2 rings (SSSR count). The van der Waals surface area contributed by atoms with Crippen molar-refractivity contribution in [1.82, 2.24) is 14.9 Å². The Morgan fingerprint density at radius 1 is 1.67 bits per heavy atom. The molecule has 0 aliphatic carbocycles. The van der Waals surface area contributed by atoms with Crippen LogP contribution in [-0.2, 0) is 4.74 Å². The number of rotatable bonds is 4. The molecule has 0 saturated carbocycles. The van der Waals surface area contributed by atoms with Gasteiger partial charge in [-0.15, -0.1) is 0 Å². The minimum Gasteiger partial charge on any atom is -0.376 e. The molecule has 1 amide bonds. The molecule has 1 aliphatic heterocycles. The lowest BCUT2D eigenvalue weighted by Crippen LogP contribution is -2.43. The average molecular weight is 251 g/mol. The molecule has 1 N–H and O–H groups in total. The zero-order valence-electron chi connectivity index (χ0n) is 11.1. The number of hydrogen-bond acceptors (Lipinski definition) is 3. The Morgan fingerprint density at radius 2 is 2.50 bits per heavy atom. The maximum atomic E-state index is 12.2. The van der Waals surface area contributed by atoms with Crippen molar-refractivity contribution < 1.29 is 9.53 Å². The number of nitrogens with one attached hydrogen (secondary N) is 1. The van der Waals surface area contributed by atoms with E-state index in [1.807, 2.05) is 11.8 Å². The molecule has 100 valence electrons. The number of carbonyl (C=O) groups excluding carboxylic acids is 1. The van der Waals surface area contributed by atoms with E-state index >= 15 is 0 Å². The van der Waals surface area contributed by atoms with Crippen LogP contribution in [0.25, 0.3) is 0 Å². The maximum absolute atomic E-state index is 12.2. The van der Waals surface area contributed by atoms with Gasteiger partial charge in [-0.05, 0) is 26.2 Å². The van der Waals surface area contributed by atoms with Gasteiger partial charge in [0.05, 0.1) is 6.10 Å². The van der Waals surface area contributed by atoms with Gasteiger partial charge in [-0.1, -0.05) is 6.92 Å². The first-order valence-corrected chi connectivity index (χ1v) is 6.63. The summed E-state index contributed by atoms with van der Waals surface area (Å²) < 4.78 is 5.73. The Kier molecular flexibility index (Phi) is 4.36. The van der Waals surface area contributed by atoms with E-state index in [0.29, 0.717) is 12.4 Å². The predicted molar refractivity (Wildman–Crippen MR) is 68.5 cm³/mol. The number of hydrogen-bond donors (Lipinski definition) is 1. The molecule has 1 saturated heterocycles. The largest absolute Gasteiger partial charge is 0.376 e. The van der Waals surface area contributed by atoms with Crippen LogP contribution in [0, 0.1) is 6.92 Å². The SMILES string of the molecule is CCCOC1CCCN(C(=O)c2ncc(C)[nH]2)C1. The van der Waals surface area contributed by atoms with Crippen LogP contribution in [0.15, 0.2) is 6.20 Å². The van der Waals surface area contributed by atoms with E-state index in [-0.39, 0.29) is 12.0 Å². The van der Waals surface area contributed by atoms with Gasteiger partial charge in [-0.3, -0.25) is 4.79 Å². The summed E-state index contributed by atoms with van der Waals surface area (Å²) in [6.45, 7) is 6.24. The summed E-state index contributed by atoms with van der Waals surface area (Å²) >= 11 is 0. The Bertz CT molecular complexity index is 403. The van der Waals surface area contributed by atoms with Crippen molar-refractivity contribution in [3.63, 3.8) is 0 Å². The van der Waals surface area contributed by atoms with Crippen molar-refractivity contribution in [3.05, 3.63) is 17.7 Å². The highest BCUT2D eigenvalue weighted by Gasteiger charge is 2.26. The second-order valence-corrected chi connectivity index (χ2v) is 4.80. The minimum atomic E-state index is -0.0205. The number of nitrogens with zero attached hydrogens (tertiary/aromatic N) is 2. The molecule has 0 bridgehead atoms. The Balaban J connectivity index is 1.94. The van der Waals surface area contributed by atoms with Crippen molar-refractivity contribution in [2.45, 2.75) is 39.2 Å². The van der Waals surface area contributed by atoms with Crippen molar-refractivity contribution >= 4 is 5.91 Å². The number of piperidine rings is 1. The van der Waals surface area contributed by atoms with Crippen LogP contribution >= 0.6 is 0 Å². The van der Waals surface area contributed by atoms with E-state index in [1.165, 1.54) is 0 Å². The third-order valence-corrected chi connectivity index (χ3v) is 3.13. The predicted octanol–water partition coefficient (Wildman–Crippen LogP) is 1.75. The van der Waals surface area contributed by atoms with E-state index < -0.39 is 0 Å². The van der Waals surface area contributed by atoms with Gasteiger partial charge in [0.15, 0.2) is 5.82 Å². The maximum Gasteiger partial charge on any atom is 0.289 e. The van der Waals surface area contributed by atoms with E-state index in [0.717, 1.165) is 38.1 Å². The molecule has 2 heterocycles. The van der Waals surface area contributed by atoms with E-state index in [9.17, 15) is 4.79 Å². The number of aryl methyl sites for hydroxylation is 1. The number of carbonyl (C=O) groups is 1. The molecule has 0 spiro atoms. The molecule has 18 heavy (non-hydrogen) atoms. The minimum absolute atomic E-state index is 0.0205. The second-order valence-electron chi connectivity index (χ2n) is 4.80. The molecule has 1 fully saturated rings. The summed E-state index contributed by atoms with van der Waals surface area (Å²) in [4.78, 5) is 21.1. The van der Waals surface area contributed by atoms with E-state index in [1.54, 1.807) is 6.20 Å². The van der Waals surface area contributed by atoms with E-state index in [4.69, 9.17) is 4.74 Å². The molecule has 1 aromatic rings. The quantitative estimate of drug-likeness (QED) is 0.887. The number of imidazole rings is 1. The number of ether oxygens (including phenoxy) is 1. The van der Waals surface area contributed by atoms with Crippen LogP contribution in [0.5, 0.6) is 0 Å². The Labute approximate surface area is 108 Å². The first-order chi connectivity index (χ1) is 8.70. The third-order valence-electron chi connectivity index (χ3n) is 3.13. The smallest absolute Gasteiger partial charge is 0.289 e. The second kappa shape index (κ2) is 6.00. The van der Waals surface area contributed by atoms with Gasteiger partial charge in [0.2, 0.25) is 0 Å². The van der Waals surface area contributed by atoms with Crippen LogP contribution in [0.3, 0.4) is 0 Å². The summed E-state index contributed by atoms with van der Waals surface area (Å²) in [6.07, 6.45) is 4.92. The average Bonchev–Trinajstić information content (AvgIpc) is 2.82. The topological polar surface area (TPSA) is 58.2 Å². The molecule has 5 heteroatoms. The number of aromatic amines is 1. The first-order valence-electron chi connectivity index (χ1n) is 6.63. The number of H-pyrrole nitrogens is 1. The van der Waals surface area contributed by atoms with Gasteiger partial charge in [0, 0.05) is 31.6 Å². The molecule has 0 aromatic carbocycles. The monoisotopic (exact) mass is 251 g/mol. The van der Waals surface area contributed by atoms with Crippen molar-refractivity contribution in [2.24, 2.45) is 0 Å². The van der Waals surface area contributed by atoms with E-state index in [2.05, 4.69) is 16.9 Å². The van der Waals surface area contributed by atoms with Gasteiger partial charge < -0.3 is 14.6 Å². The fourth-order valence-corrected chi connectivity index (χ4v) is 2.21. The summed E-state index contributed by atoms with van der Waals surface area (Å²) in [6, 6.07) is 0. The fourth-order valence-electron chi connectivity index (χ4n) is 2.21. The number of likely N-dealkylation sites (tertiary alicyclic amines) is 1. The highest BCUT2D eigenvalue weighted by atomic mass is 16.5. The Hall–Kier alpha value is -1.36.